The molecule has 3 aromatic carbocycles. The Morgan fingerprint density at radius 2 is 1.50 bits per heavy atom. The molecule has 0 heterocycles. The maximum absolute atomic E-state index is 13.5. The van der Waals surface area contributed by atoms with E-state index in [1.54, 1.807) is 36.4 Å². The fourth-order valence-electron chi connectivity index (χ4n) is 4.19. The van der Waals surface area contributed by atoms with Gasteiger partial charge in [-0.3, -0.25) is 9.10 Å². The van der Waals surface area contributed by atoms with E-state index in [9.17, 15) is 13.2 Å². The van der Waals surface area contributed by atoms with E-state index in [0.717, 1.165) is 17.5 Å². The molecule has 0 radical (unpaired) electrons. The smallest absolute Gasteiger partial charge is 0.264 e. The molecule has 180 valence electrons. The van der Waals surface area contributed by atoms with E-state index in [1.165, 1.54) is 9.87 Å². The second-order valence-electron chi connectivity index (χ2n) is 9.52. The molecule has 0 aromatic heterocycles. The van der Waals surface area contributed by atoms with Crippen LogP contribution < -0.4 is 9.62 Å². The van der Waals surface area contributed by atoms with Crippen molar-refractivity contribution in [3.05, 3.63) is 95.6 Å². The first-order chi connectivity index (χ1) is 16.0. The zero-order chi connectivity index (χ0) is 24.9. The van der Waals surface area contributed by atoms with Gasteiger partial charge < -0.3 is 5.32 Å². The predicted octanol–water partition coefficient (Wildman–Crippen LogP) is 5.37. The highest BCUT2D eigenvalue weighted by atomic mass is 32.2. The first-order valence-corrected chi connectivity index (χ1v) is 12.9. The van der Waals surface area contributed by atoms with Gasteiger partial charge in [0.15, 0.2) is 0 Å². The van der Waals surface area contributed by atoms with Gasteiger partial charge in [-0.15, -0.1) is 0 Å². The lowest BCUT2D eigenvalue weighted by Gasteiger charge is -2.30. The molecule has 34 heavy (non-hydrogen) atoms. The molecule has 0 aliphatic rings. The van der Waals surface area contributed by atoms with Gasteiger partial charge in [-0.05, 0) is 73.6 Å². The van der Waals surface area contributed by atoms with Gasteiger partial charge in [-0.2, -0.15) is 0 Å². The fourth-order valence-corrected chi connectivity index (χ4v) is 5.62. The first-order valence-electron chi connectivity index (χ1n) is 11.5. The number of hydrogen-bond donors (Lipinski definition) is 1. The number of benzene rings is 3. The lowest BCUT2D eigenvalue weighted by atomic mass is 9.79. The highest BCUT2D eigenvalue weighted by Crippen LogP contribution is 2.29. The number of hydrogen-bond acceptors (Lipinski definition) is 3. The standard InChI is InChI=1S/C28H34N2O3S/c1-21-16-17-25(18-22(21)2)30(34(32,33)26-14-10-7-11-15-26)20-27(31)29-23(3)19-28(4,5)24-12-8-6-9-13-24/h6-18,23H,19-20H2,1-5H3,(H,29,31). The molecule has 1 amide bonds. The molecular formula is C28H34N2O3S. The summed E-state index contributed by atoms with van der Waals surface area (Å²) in [7, 11) is -3.92. The first kappa shape index (κ1) is 25.5. The van der Waals surface area contributed by atoms with E-state index in [1.807, 2.05) is 51.1 Å². The summed E-state index contributed by atoms with van der Waals surface area (Å²) < 4.78 is 28.2. The molecule has 3 rings (SSSR count). The third-order valence-corrected chi connectivity index (χ3v) is 7.96. The number of nitrogens with one attached hydrogen (secondary N) is 1. The normalized spacial score (nSPS) is 12.7. The second-order valence-corrected chi connectivity index (χ2v) is 11.4. The Morgan fingerprint density at radius 3 is 2.09 bits per heavy atom. The van der Waals surface area contributed by atoms with E-state index in [0.29, 0.717) is 5.69 Å². The number of anilines is 1. The van der Waals surface area contributed by atoms with Gasteiger partial charge in [-0.1, -0.05) is 68.4 Å². The van der Waals surface area contributed by atoms with Crippen molar-refractivity contribution in [2.45, 2.75) is 57.4 Å². The summed E-state index contributed by atoms with van der Waals surface area (Å²) in [6.45, 7) is 9.85. The Morgan fingerprint density at radius 1 is 0.912 bits per heavy atom. The van der Waals surface area contributed by atoms with E-state index >= 15 is 0 Å². The van der Waals surface area contributed by atoms with Crippen LogP contribution in [0, 0.1) is 13.8 Å². The van der Waals surface area contributed by atoms with E-state index in [2.05, 4.69) is 31.3 Å². The number of nitrogens with zero attached hydrogens (tertiary/aromatic N) is 1. The topological polar surface area (TPSA) is 66.5 Å². The van der Waals surface area contributed by atoms with Gasteiger partial charge in [0.25, 0.3) is 10.0 Å². The van der Waals surface area contributed by atoms with Crippen LogP contribution >= 0.6 is 0 Å². The summed E-state index contributed by atoms with van der Waals surface area (Å²) in [5, 5.41) is 3.01. The van der Waals surface area contributed by atoms with Crippen LogP contribution in [0.4, 0.5) is 5.69 Å². The molecule has 6 heteroatoms. The van der Waals surface area contributed by atoms with E-state index in [-0.39, 0.29) is 28.8 Å². The van der Waals surface area contributed by atoms with Crippen LogP contribution in [0.5, 0.6) is 0 Å². The molecule has 1 atom stereocenters. The summed E-state index contributed by atoms with van der Waals surface area (Å²) in [5.41, 5.74) is 3.54. The van der Waals surface area contributed by atoms with Gasteiger partial charge >= 0.3 is 0 Å². The van der Waals surface area contributed by atoms with Crippen LogP contribution in [0.3, 0.4) is 0 Å². The summed E-state index contributed by atoms with van der Waals surface area (Å²) >= 11 is 0. The molecule has 0 aliphatic heterocycles. The van der Waals surface area contributed by atoms with Crippen molar-refractivity contribution >= 4 is 21.6 Å². The van der Waals surface area contributed by atoms with Crippen LogP contribution in [0.2, 0.25) is 0 Å². The molecule has 0 saturated heterocycles. The third kappa shape index (κ3) is 6.06. The minimum absolute atomic E-state index is 0.135. The van der Waals surface area contributed by atoms with E-state index < -0.39 is 10.0 Å². The van der Waals surface area contributed by atoms with Gasteiger partial charge in [-0.25, -0.2) is 8.42 Å². The number of sulfonamides is 1. The zero-order valence-corrected chi connectivity index (χ0v) is 21.4. The summed E-state index contributed by atoms with van der Waals surface area (Å²) in [4.78, 5) is 13.2. The molecule has 0 bridgehead atoms. The van der Waals surface area contributed by atoms with Crippen molar-refractivity contribution in [3.63, 3.8) is 0 Å². The number of carbonyl (C=O) groups is 1. The molecule has 0 spiro atoms. The van der Waals surface area contributed by atoms with Crippen molar-refractivity contribution in [1.82, 2.24) is 5.32 Å². The Bertz CT molecular complexity index is 1220. The monoisotopic (exact) mass is 478 g/mol. The average molecular weight is 479 g/mol. The Kier molecular flexibility index (Phi) is 7.82. The van der Waals surface area contributed by atoms with Gasteiger partial charge in [0.05, 0.1) is 10.6 Å². The van der Waals surface area contributed by atoms with Crippen LogP contribution in [0.15, 0.2) is 83.8 Å². The highest BCUT2D eigenvalue weighted by Gasteiger charge is 2.29. The van der Waals surface area contributed by atoms with Crippen molar-refractivity contribution in [3.8, 4) is 0 Å². The molecule has 0 aliphatic carbocycles. The summed E-state index contributed by atoms with van der Waals surface area (Å²) in [6, 6.07) is 23.7. The molecule has 1 unspecified atom stereocenters. The minimum Gasteiger partial charge on any atom is -0.352 e. The summed E-state index contributed by atoms with van der Waals surface area (Å²) in [6.07, 6.45) is 0.720. The lowest BCUT2D eigenvalue weighted by Crippen LogP contribution is -2.45. The van der Waals surface area contributed by atoms with Crippen LogP contribution in [-0.2, 0) is 20.2 Å². The Hall–Kier alpha value is -3.12. The minimum atomic E-state index is -3.92. The molecule has 0 fully saturated rings. The molecular weight excluding hydrogens is 444 g/mol. The van der Waals surface area contributed by atoms with Crippen molar-refractivity contribution in [1.29, 1.82) is 0 Å². The molecule has 0 saturated carbocycles. The second kappa shape index (κ2) is 10.4. The number of carbonyl (C=O) groups excluding carboxylic acids is 1. The quantitative estimate of drug-likeness (QED) is 0.450. The maximum Gasteiger partial charge on any atom is 0.264 e. The van der Waals surface area contributed by atoms with Crippen molar-refractivity contribution < 1.29 is 13.2 Å². The van der Waals surface area contributed by atoms with E-state index in [4.69, 9.17) is 0 Å². The van der Waals surface area contributed by atoms with Crippen LogP contribution in [0.1, 0.15) is 43.9 Å². The largest absolute Gasteiger partial charge is 0.352 e. The average Bonchev–Trinajstić information content (AvgIpc) is 2.80. The predicted molar refractivity (Wildman–Crippen MR) is 139 cm³/mol. The zero-order valence-electron chi connectivity index (χ0n) is 20.6. The van der Waals surface area contributed by atoms with Crippen LogP contribution in [0.25, 0.3) is 0 Å². The molecule has 5 nitrogen and oxygen atoms in total. The van der Waals surface area contributed by atoms with Crippen molar-refractivity contribution in [2.75, 3.05) is 10.8 Å². The fraction of sp³-hybridized carbons (Fsp3) is 0.321. The number of amides is 1. The van der Waals surface area contributed by atoms with Crippen LogP contribution in [-0.4, -0.2) is 26.9 Å². The van der Waals surface area contributed by atoms with Gasteiger partial charge in [0, 0.05) is 6.04 Å². The summed E-state index contributed by atoms with van der Waals surface area (Å²) in [5.74, 6) is -0.339. The third-order valence-electron chi connectivity index (χ3n) is 6.18. The Labute approximate surface area is 203 Å². The SMILES string of the molecule is Cc1ccc(N(CC(=O)NC(C)CC(C)(C)c2ccccc2)S(=O)(=O)c2ccccc2)cc1C. The highest BCUT2D eigenvalue weighted by molar-refractivity contribution is 7.92. The lowest BCUT2D eigenvalue weighted by molar-refractivity contribution is -0.120. The number of aryl methyl sites for hydroxylation is 2. The maximum atomic E-state index is 13.5. The number of rotatable bonds is 9. The van der Waals surface area contributed by atoms with Gasteiger partial charge in [0.2, 0.25) is 5.91 Å². The Balaban J connectivity index is 1.82. The van der Waals surface area contributed by atoms with Crippen molar-refractivity contribution in [2.24, 2.45) is 0 Å². The van der Waals surface area contributed by atoms with Gasteiger partial charge in [0.1, 0.15) is 6.54 Å². The molecule has 3 aromatic rings. The molecule has 1 N–H and O–H groups in total.